The number of nitrogens with zero attached hydrogens (tertiary/aromatic N) is 5. The maximum absolute atomic E-state index is 5.62. The summed E-state index contributed by atoms with van der Waals surface area (Å²) in [6.07, 6.45) is 1.70. The Kier molecular flexibility index (Phi) is 3.45. The molecule has 1 aromatic carbocycles. The lowest BCUT2D eigenvalue weighted by Crippen LogP contribution is -1.98. The van der Waals surface area contributed by atoms with Crippen molar-refractivity contribution in [3.8, 4) is 17.1 Å². The zero-order valence-corrected chi connectivity index (χ0v) is 13.3. The normalized spacial score (nSPS) is 11.1. The third-order valence-corrected chi connectivity index (χ3v) is 3.59. The Morgan fingerprint density at radius 2 is 1.96 bits per heavy atom. The molecular weight excluding hydrogens is 306 g/mol. The third-order valence-electron chi connectivity index (χ3n) is 3.59. The number of aryl methyl sites for hydroxylation is 2. The maximum atomic E-state index is 5.62. The van der Waals surface area contributed by atoms with Crippen molar-refractivity contribution >= 4 is 5.65 Å². The number of benzene rings is 1. The minimum atomic E-state index is 0.210. The van der Waals surface area contributed by atoms with Crippen molar-refractivity contribution in [3.63, 3.8) is 0 Å². The summed E-state index contributed by atoms with van der Waals surface area (Å²) >= 11 is 0. The van der Waals surface area contributed by atoms with Gasteiger partial charge in [-0.3, -0.25) is 0 Å². The zero-order chi connectivity index (χ0) is 16.5. The molecule has 0 aliphatic rings. The van der Waals surface area contributed by atoms with Gasteiger partial charge in [-0.1, -0.05) is 23.4 Å². The first kappa shape index (κ1) is 14.4. The van der Waals surface area contributed by atoms with Crippen LogP contribution in [0.2, 0.25) is 0 Å². The van der Waals surface area contributed by atoms with E-state index in [0.29, 0.717) is 17.4 Å². The van der Waals surface area contributed by atoms with Crippen LogP contribution in [-0.2, 0) is 6.61 Å². The highest BCUT2D eigenvalue weighted by molar-refractivity contribution is 5.72. The SMILES string of the molecule is Cc1cc(C)n2ncc(-c3noc(COc4ccccc4)n3)c2n1. The van der Waals surface area contributed by atoms with Crippen molar-refractivity contribution in [1.82, 2.24) is 24.7 Å². The van der Waals surface area contributed by atoms with Gasteiger partial charge in [-0.05, 0) is 32.0 Å². The molecule has 0 saturated heterocycles. The number of fused-ring (bicyclic) bond motifs is 1. The molecule has 0 atom stereocenters. The number of rotatable bonds is 4. The Morgan fingerprint density at radius 1 is 1.12 bits per heavy atom. The van der Waals surface area contributed by atoms with E-state index in [2.05, 4.69) is 20.2 Å². The van der Waals surface area contributed by atoms with E-state index in [1.165, 1.54) is 0 Å². The van der Waals surface area contributed by atoms with E-state index < -0.39 is 0 Å². The predicted octanol–water partition coefficient (Wildman–Crippen LogP) is 2.98. The summed E-state index contributed by atoms with van der Waals surface area (Å²) in [6.45, 7) is 4.13. The van der Waals surface area contributed by atoms with E-state index >= 15 is 0 Å². The van der Waals surface area contributed by atoms with E-state index in [4.69, 9.17) is 9.26 Å². The molecule has 0 radical (unpaired) electrons. The van der Waals surface area contributed by atoms with Crippen LogP contribution < -0.4 is 4.74 Å². The van der Waals surface area contributed by atoms with Crippen LogP contribution in [0, 0.1) is 13.8 Å². The number of para-hydroxylation sites is 1. The molecule has 4 rings (SSSR count). The summed E-state index contributed by atoms with van der Waals surface area (Å²) in [5, 5.41) is 8.36. The summed E-state index contributed by atoms with van der Waals surface area (Å²) in [5.41, 5.74) is 3.36. The van der Waals surface area contributed by atoms with Crippen molar-refractivity contribution in [3.05, 3.63) is 59.9 Å². The van der Waals surface area contributed by atoms with Gasteiger partial charge in [-0.2, -0.15) is 10.1 Å². The van der Waals surface area contributed by atoms with Crippen LogP contribution in [0.4, 0.5) is 0 Å². The fourth-order valence-electron chi connectivity index (χ4n) is 2.51. The molecular formula is C17H15N5O2. The van der Waals surface area contributed by atoms with Gasteiger partial charge in [-0.25, -0.2) is 9.50 Å². The van der Waals surface area contributed by atoms with Crippen LogP contribution in [0.1, 0.15) is 17.3 Å². The van der Waals surface area contributed by atoms with Crippen LogP contribution in [0.15, 0.2) is 47.1 Å². The lowest BCUT2D eigenvalue weighted by Gasteiger charge is -2.01. The Labute approximate surface area is 137 Å². The van der Waals surface area contributed by atoms with Gasteiger partial charge in [0.05, 0.1) is 11.8 Å². The maximum Gasteiger partial charge on any atom is 0.264 e. The van der Waals surface area contributed by atoms with Crippen LogP contribution in [0.3, 0.4) is 0 Å². The minimum Gasteiger partial charge on any atom is -0.484 e. The molecule has 3 heterocycles. The second-order valence-corrected chi connectivity index (χ2v) is 5.45. The van der Waals surface area contributed by atoms with Gasteiger partial charge in [0.1, 0.15) is 5.75 Å². The largest absolute Gasteiger partial charge is 0.484 e. The molecule has 4 aromatic rings. The van der Waals surface area contributed by atoms with Crippen molar-refractivity contribution < 1.29 is 9.26 Å². The Morgan fingerprint density at radius 3 is 2.79 bits per heavy atom. The molecule has 0 spiro atoms. The summed E-state index contributed by atoms with van der Waals surface area (Å²) in [4.78, 5) is 8.90. The summed E-state index contributed by atoms with van der Waals surface area (Å²) in [6, 6.07) is 11.5. The van der Waals surface area contributed by atoms with E-state index in [0.717, 1.165) is 22.7 Å². The quantitative estimate of drug-likeness (QED) is 0.575. The van der Waals surface area contributed by atoms with Crippen LogP contribution in [0.25, 0.3) is 17.0 Å². The lowest BCUT2D eigenvalue weighted by molar-refractivity contribution is 0.243. The fraction of sp³-hybridized carbons (Fsp3) is 0.176. The first-order valence-corrected chi connectivity index (χ1v) is 7.53. The zero-order valence-electron chi connectivity index (χ0n) is 13.3. The number of hydrogen-bond donors (Lipinski definition) is 0. The molecule has 7 nitrogen and oxygen atoms in total. The highest BCUT2D eigenvalue weighted by Gasteiger charge is 2.16. The average molecular weight is 321 g/mol. The lowest BCUT2D eigenvalue weighted by atomic mass is 10.3. The number of aromatic nitrogens is 5. The van der Waals surface area contributed by atoms with E-state index in [-0.39, 0.29) is 6.61 Å². The first-order chi connectivity index (χ1) is 11.7. The average Bonchev–Trinajstić information content (AvgIpc) is 3.20. The molecule has 3 aromatic heterocycles. The molecule has 120 valence electrons. The van der Waals surface area contributed by atoms with E-state index in [1.807, 2.05) is 50.2 Å². The molecule has 0 aliphatic carbocycles. The smallest absolute Gasteiger partial charge is 0.264 e. The molecule has 0 N–H and O–H groups in total. The topological polar surface area (TPSA) is 78.3 Å². The van der Waals surface area contributed by atoms with Gasteiger partial charge in [-0.15, -0.1) is 0 Å². The van der Waals surface area contributed by atoms with E-state index in [9.17, 15) is 0 Å². The van der Waals surface area contributed by atoms with Gasteiger partial charge < -0.3 is 9.26 Å². The number of hydrogen-bond acceptors (Lipinski definition) is 6. The Balaban J connectivity index is 1.61. The van der Waals surface area contributed by atoms with Crippen molar-refractivity contribution in [1.29, 1.82) is 0 Å². The standard InChI is InChI=1S/C17H15N5O2/c1-11-8-12(2)22-17(19-11)14(9-18-22)16-20-15(24-21-16)10-23-13-6-4-3-5-7-13/h3-9H,10H2,1-2H3. The van der Waals surface area contributed by atoms with Gasteiger partial charge in [0.15, 0.2) is 12.3 Å². The highest BCUT2D eigenvalue weighted by Crippen LogP contribution is 2.22. The Bertz CT molecular complexity index is 991. The Hall–Kier alpha value is -3.22. The molecule has 0 unspecified atom stereocenters. The second kappa shape index (κ2) is 5.77. The number of ether oxygens (including phenoxy) is 1. The first-order valence-electron chi connectivity index (χ1n) is 7.53. The monoisotopic (exact) mass is 321 g/mol. The van der Waals surface area contributed by atoms with Crippen LogP contribution >= 0.6 is 0 Å². The van der Waals surface area contributed by atoms with E-state index in [1.54, 1.807) is 10.7 Å². The fourth-order valence-corrected chi connectivity index (χ4v) is 2.51. The van der Waals surface area contributed by atoms with Crippen molar-refractivity contribution in [2.45, 2.75) is 20.5 Å². The van der Waals surface area contributed by atoms with Gasteiger partial charge in [0.25, 0.3) is 5.89 Å². The molecule has 0 amide bonds. The van der Waals surface area contributed by atoms with Crippen LogP contribution in [-0.4, -0.2) is 24.7 Å². The summed E-state index contributed by atoms with van der Waals surface area (Å²) < 4.78 is 12.6. The van der Waals surface area contributed by atoms with Crippen LogP contribution in [0.5, 0.6) is 5.75 Å². The second-order valence-electron chi connectivity index (χ2n) is 5.45. The van der Waals surface area contributed by atoms with Gasteiger partial charge in [0, 0.05) is 11.4 Å². The van der Waals surface area contributed by atoms with Gasteiger partial charge in [0.2, 0.25) is 5.82 Å². The molecule has 0 aliphatic heterocycles. The molecule has 0 saturated carbocycles. The van der Waals surface area contributed by atoms with Gasteiger partial charge >= 0.3 is 0 Å². The minimum absolute atomic E-state index is 0.210. The molecule has 7 heteroatoms. The summed E-state index contributed by atoms with van der Waals surface area (Å²) in [7, 11) is 0. The molecule has 0 bridgehead atoms. The third kappa shape index (κ3) is 2.60. The molecule has 0 fully saturated rings. The molecule has 24 heavy (non-hydrogen) atoms. The highest BCUT2D eigenvalue weighted by atomic mass is 16.5. The summed E-state index contributed by atoms with van der Waals surface area (Å²) in [5.74, 6) is 1.60. The van der Waals surface area contributed by atoms with Crippen molar-refractivity contribution in [2.24, 2.45) is 0 Å². The predicted molar refractivity (Wildman–Crippen MR) is 86.5 cm³/mol. The van der Waals surface area contributed by atoms with Crippen molar-refractivity contribution in [2.75, 3.05) is 0 Å².